The Morgan fingerprint density at radius 2 is 1.91 bits per heavy atom. The van der Waals surface area contributed by atoms with Gasteiger partial charge in [-0.3, -0.25) is 14.9 Å². The first-order chi connectivity index (χ1) is 11.3. The van der Waals surface area contributed by atoms with E-state index in [1.54, 1.807) is 24.5 Å². The molecular formula is C17H21N5O. The van der Waals surface area contributed by atoms with Crippen LogP contribution in [-0.4, -0.2) is 44.1 Å². The van der Waals surface area contributed by atoms with Crippen LogP contribution in [0.4, 0.5) is 0 Å². The van der Waals surface area contributed by atoms with Crippen LogP contribution in [0.15, 0.2) is 24.5 Å². The van der Waals surface area contributed by atoms with Crippen LogP contribution >= 0.6 is 0 Å². The monoisotopic (exact) mass is 311 g/mol. The van der Waals surface area contributed by atoms with E-state index >= 15 is 0 Å². The van der Waals surface area contributed by atoms with Gasteiger partial charge in [0.2, 0.25) is 0 Å². The van der Waals surface area contributed by atoms with E-state index in [1.165, 1.54) is 12.8 Å². The predicted molar refractivity (Wildman–Crippen MR) is 84.9 cm³/mol. The molecule has 4 rings (SSSR count). The third-order valence-corrected chi connectivity index (χ3v) is 4.80. The summed E-state index contributed by atoms with van der Waals surface area (Å²) in [6.07, 6.45) is 8.78. The van der Waals surface area contributed by atoms with E-state index in [1.807, 2.05) is 4.90 Å². The van der Waals surface area contributed by atoms with Crippen LogP contribution in [0.3, 0.4) is 0 Å². The normalized spacial score (nSPS) is 19.0. The number of aromatic amines is 1. The Hall–Kier alpha value is -2.24. The number of carbonyl (C=O) groups is 1. The highest BCUT2D eigenvalue weighted by atomic mass is 16.2. The van der Waals surface area contributed by atoms with Crippen molar-refractivity contribution in [2.75, 3.05) is 13.1 Å². The van der Waals surface area contributed by atoms with E-state index in [2.05, 4.69) is 20.2 Å². The molecule has 0 aromatic carbocycles. The van der Waals surface area contributed by atoms with Gasteiger partial charge in [-0.15, -0.1) is 0 Å². The molecule has 2 aliphatic rings. The molecule has 6 nitrogen and oxygen atoms in total. The minimum absolute atomic E-state index is 0.113. The summed E-state index contributed by atoms with van der Waals surface area (Å²) in [5.41, 5.74) is 0.725. The second kappa shape index (κ2) is 6.10. The molecule has 3 heterocycles. The Morgan fingerprint density at radius 1 is 1.17 bits per heavy atom. The lowest BCUT2D eigenvalue weighted by Gasteiger charge is -2.31. The average molecular weight is 311 g/mol. The number of aromatic nitrogens is 4. The lowest BCUT2D eigenvalue weighted by Crippen LogP contribution is -2.39. The molecule has 0 spiro atoms. The quantitative estimate of drug-likeness (QED) is 0.939. The zero-order valence-corrected chi connectivity index (χ0v) is 13.1. The summed E-state index contributed by atoms with van der Waals surface area (Å²) in [6, 6.07) is 3.56. The number of nitrogens with zero attached hydrogens (tertiary/aromatic N) is 4. The lowest BCUT2D eigenvalue weighted by atomic mass is 9.93. The number of likely N-dealkylation sites (tertiary alicyclic amines) is 1. The van der Waals surface area contributed by atoms with Crippen LogP contribution < -0.4 is 0 Å². The van der Waals surface area contributed by atoms with E-state index < -0.39 is 0 Å². The molecule has 1 amide bonds. The highest BCUT2D eigenvalue weighted by molar-refractivity contribution is 5.94. The molecular weight excluding hydrogens is 290 g/mol. The molecule has 1 saturated carbocycles. The maximum Gasteiger partial charge on any atom is 0.253 e. The Labute approximate surface area is 135 Å². The third-order valence-electron chi connectivity index (χ3n) is 4.80. The van der Waals surface area contributed by atoms with E-state index in [9.17, 15) is 4.79 Å². The fourth-order valence-electron chi connectivity index (χ4n) is 3.22. The highest BCUT2D eigenvalue weighted by Gasteiger charge is 2.29. The first-order valence-electron chi connectivity index (χ1n) is 8.40. The summed E-state index contributed by atoms with van der Waals surface area (Å²) in [5.74, 6) is 3.29. The Balaban J connectivity index is 1.31. The number of nitrogens with one attached hydrogen (secondary N) is 1. The van der Waals surface area contributed by atoms with Crippen LogP contribution in [0, 0.1) is 5.92 Å². The van der Waals surface area contributed by atoms with Crippen LogP contribution in [0.5, 0.6) is 0 Å². The highest BCUT2D eigenvalue weighted by Crippen LogP contribution is 2.37. The maximum absolute atomic E-state index is 12.4. The molecule has 0 unspecified atom stereocenters. The van der Waals surface area contributed by atoms with E-state index in [0.29, 0.717) is 11.8 Å². The standard InChI is InChI=1S/C17H21N5O/c23-17(14-3-7-18-8-4-14)22-9-5-12(6-10-22)11-15-19-16(21-20-15)13-1-2-13/h3-4,7-8,12-13H,1-2,5-6,9-11H2,(H,19,20,21). The van der Waals surface area contributed by atoms with Gasteiger partial charge in [-0.05, 0) is 43.7 Å². The minimum Gasteiger partial charge on any atom is -0.339 e. The smallest absolute Gasteiger partial charge is 0.253 e. The summed E-state index contributed by atoms with van der Waals surface area (Å²) < 4.78 is 0. The van der Waals surface area contributed by atoms with Crippen molar-refractivity contribution in [1.82, 2.24) is 25.1 Å². The molecule has 1 saturated heterocycles. The van der Waals surface area contributed by atoms with Crippen LogP contribution in [-0.2, 0) is 6.42 Å². The zero-order chi connectivity index (χ0) is 15.6. The molecule has 0 bridgehead atoms. The number of hydrogen-bond acceptors (Lipinski definition) is 4. The molecule has 120 valence electrons. The van der Waals surface area contributed by atoms with Gasteiger partial charge in [-0.25, -0.2) is 4.98 Å². The van der Waals surface area contributed by atoms with Crippen molar-refractivity contribution in [3.8, 4) is 0 Å². The first kappa shape index (κ1) is 14.4. The van der Waals surface area contributed by atoms with Crippen molar-refractivity contribution in [3.63, 3.8) is 0 Å². The molecule has 23 heavy (non-hydrogen) atoms. The molecule has 2 aromatic rings. The first-order valence-corrected chi connectivity index (χ1v) is 8.40. The SMILES string of the molecule is O=C(c1ccncc1)N1CCC(Cc2nc(C3CC3)n[nH]2)CC1. The van der Waals surface area contributed by atoms with Gasteiger partial charge in [0.15, 0.2) is 5.82 Å². The molecule has 2 aromatic heterocycles. The van der Waals surface area contributed by atoms with Gasteiger partial charge in [0.25, 0.3) is 5.91 Å². The van der Waals surface area contributed by atoms with Crippen molar-refractivity contribution in [3.05, 3.63) is 41.7 Å². The van der Waals surface area contributed by atoms with Crippen molar-refractivity contribution in [2.24, 2.45) is 5.92 Å². The number of hydrogen-bond donors (Lipinski definition) is 1. The van der Waals surface area contributed by atoms with Crippen molar-refractivity contribution in [2.45, 2.75) is 38.0 Å². The molecule has 2 fully saturated rings. The number of rotatable bonds is 4. The fraction of sp³-hybridized carbons (Fsp3) is 0.529. The second-order valence-electron chi connectivity index (χ2n) is 6.59. The number of amides is 1. The summed E-state index contributed by atoms with van der Waals surface area (Å²) in [5, 5.41) is 7.41. The summed E-state index contributed by atoms with van der Waals surface area (Å²) in [4.78, 5) is 22.9. The van der Waals surface area contributed by atoms with Gasteiger partial charge < -0.3 is 4.90 Å². The molecule has 6 heteroatoms. The molecule has 0 atom stereocenters. The van der Waals surface area contributed by atoms with Gasteiger partial charge in [-0.2, -0.15) is 5.10 Å². The van der Waals surface area contributed by atoms with Crippen LogP contribution in [0.1, 0.15) is 53.6 Å². The molecule has 1 N–H and O–H groups in total. The fourth-order valence-corrected chi connectivity index (χ4v) is 3.22. The van der Waals surface area contributed by atoms with Gasteiger partial charge in [0, 0.05) is 43.4 Å². The van der Waals surface area contributed by atoms with Gasteiger partial charge in [0.05, 0.1) is 0 Å². The maximum atomic E-state index is 12.4. The van der Waals surface area contributed by atoms with Crippen LogP contribution in [0.2, 0.25) is 0 Å². The van der Waals surface area contributed by atoms with Gasteiger partial charge in [0.1, 0.15) is 5.82 Å². The molecule has 1 aliphatic heterocycles. The largest absolute Gasteiger partial charge is 0.339 e. The zero-order valence-electron chi connectivity index (χ0n) is 13.1. The predicted octanol–water partition coefficient (Wildman–Crippen LogP) is 2.17. The topological polar surface area (TPSA) is 74.8 Å². The Kier molecular flexibility index (Phi) is 3.81. The van der Waals surface area contributed by atoms with Crippen LogP contribution in [0.25, 0.3) is 0 Å². The minimum atomic E-state index is 0.113. The van der Waals surface area contributed by atoms with Gasteiger partial charge in [-0.1, -0.05) is 0 Å². The van der Waals surface area contributed by atoms with Crippen molar-refractivity contribution >= 4 is 5.91 Å². The third kappa shape index (κ3) is 3.25. The number of carbonyl (C=O) groups excluding carboxylic acids is 1. The lowest BCUT2D eigenvalue weighted by molar-refractivity contribution is 0.0690. The summed E-state index contributed by atoms with van der Waals surface area (Å²) >= 11 is 0. The Morgan fingerprint density at radius 3 is 2.61 bits per heavy atom. The van der Waals surface area contributed by atoms with E-state index in [0.717, 1.165) is 49.6 Å². The number of pyridine rings is 1. The molecule has 1 aliphatic carbocycles. The summed E-state index contributed by atoms with van der Waals surface area (Å²) in [6.45, 7) is 1.63. The number of piperidine rings is 1. The van der Waals surface area contributed by atoms with Crippen molar-refractivity contribution < 1.29 is 4.79 Å². The van der Waals surface area contributed by atoms with E-state index in [4.69, 9.17) is 0 Å². The van der Waals surface area contributed by atoms with Gasteiger partial charge >= 0.3 is 0 Å². The molecule has 0 radical (unpaired) electrons. The summed E-state index contributed by atoms with van der Waals surface area (Å²) in [7, 11) is 0. The Bertz CT molecular complexity index is 671. The average Bonchev–Trinajstić information content (AvgIpc) is 3.36. The number of H-pyrrole nitrogens is 1. The van der Waals surface area contributed by atoms with E-state index in [-0.39, 0.29) is 5.91 Å². The second-order valence-corrected chi connectivity index (χ2v) is 6.59. The van der Waals surface area contributed by atoms with Crippen molar-refractivity contribution in [1.29, 1.82) is 0 Å².